The maximum Gasteiger partial charge on any atom is 0.341 e. The highest BCUT2D eigenvalue weighted by Crippen LogP contribution is 2.30. The van der Waals surface area contributed by atoms with Gasteiger partial charge in [0.15, 0.2) is 11.3 Å². The first kappa shape index (κ1) is 61.9. The maximum absolute atomic E-state index is 12.4. The second-order valence-electron chi connectivity index (χ2n) is 18.7. The van der Waals surface area contributed by atoms with E-state index in [-0.39, 0.29) is 51.4 Å². The Hall–Kier alpha value is -8.13. The van der Waals surface area contributed by atoms with Crippen molar-refractivity contribution in [2.45, 2.75) is 77.4 Å². The molecule has 3 saturated heterocycles. The fourth-order valence-electron chi connectivity index (χ4n) is 8.87. The van der Waals surface area contributed by atoms with Crippen LogP contribution < -0.4 is 16.0 Å². The van der Waals surface area contributed by atoms with E-state index in [2.05, 4.69) is 56.1 Å². The first-order valence-corrected chi connectivity index (χ1v) is 28.3. The third kappa shape index (κ3) is 16.8. The summed E-state index contributed by atoms with van der Waals surface area (Å²) in [5.74, 6) is -2.27. The van der Waals surface area contributed by atoms with Gasteiger partial charge in [-0.25, -0.2) is 48.1 Å². The predicted molar refractivity (Wildman–Crippen MR) is 313 cm³/mol. The summed E-state index contributed by atoms with van der Waals surface area (Å²) >= 11 is 17.2. The molecule has 11 rings (SSSR count). The number of rotatable bonds is 15. The average molecular weight is 1210 g/mol. The molecule has 0 radical (unpaired) electrons. The molecule has 0 aromatic carbocycles. The Morgan fingerprint density at radius 2 is 0.881 bits per heavy atom. The molecule has 3 fully saturated rings. The van der Waals surface area contributed by atoms with E-state index in [4.69, 9.17) is 63.2 Å². The van der Waals surface area contributed by atoms with Crippen LogP contribution in [0.4, 0.5) is 17.1 Å². The van der Waals surface area contributed by atoms with E-state index in [0.29, 0.717) is 102 Å². The lowest BCUT2D eigenvalue weighted by molar-refractivity contribution is 0.0516. The molecule has 11 heterocycles. The van der Waals surface area contributed by atoms with Crippen LogP contribution in [0.15, 0.2) is 98.4 Å². The van der Waals surface area contributed by atoms with Crippen molar-refractivity contribution >= 4 is 87.0 Å². The van der Waals surface area contributed by atoms with Crippen LogP contribution >= 0.6 is 34.8 Å². The lowest BCUT2D eigenvalue weighted by Gasteiger charge is -2.25. The molecule has 8 aromatic rings. The van der Waals surface area contributed by atoms with Crippen LogP contribution in [0, 0.1) is 0 Å². The topological polar surface area (TPSA) is 292 Å². The molecule has 442 valence electrons. The zero-order valence-electron chi connectivity index (χ0n) is 46.2. The summed E-state index contributed by atoms with van der Waals surface area (Å²) in [7, 11) is 0. The second kappa shape index (κ2) is 31.0. The number of halogens is 3. The quantitative estimate of drug-likeness (QED) is 0.0422. The molecule has 0 saturated carbocycles. The van der Waals surface area contributed by atoms with E-state index in [9.17, 15) is 24.3 Å². The van der Waals surface area contributed by atoms with E-state index >= 15 is 0 Å². The summed E-state index contributed by atoms with van der Waals surface area (Å²) in [6.07, 6.45) is 21.4. The molecule has 0 amide bonds. The van der Waals surface area contributed by atoms with Gasteiger partial charge in [-0.05, 0) is 95.7 Å². The Morgan fingerprint density at radius 3 is 1.30 bits per heavy atom. The van der Waals surface area contributed by atoms with Crippen molar-refractivity contribution in [3.8, 4) is 22.5 Å². The number of carboxylic acids is 1. The van der Waals surface area contributed by atoms with Gasteiger partial charge < -0.3 is 49.5 Å². The number of nitrogens with zero attached hydrogens (tertiary/aromatic N) is 10. The summed E-state index contributed by atoms with van der Waals surface area (Å²) < 4.78 is 34.4. The van der Waals surface area contributed by atoms with Gasteiger partial charge in [-0.3, -0.25) is 9.97 Å². The molecule has 3 aliphatic rings. The number of carboxylic acid groups (broad SMARTS) is 1. The van der Waals surface area contributed by atoms with Gasteiger partial charge in [0.2, 0.25) is 0 Å². The molecule has 27 heteroatoms. The van der Waals surface area contributed by atoms with E-state index in [1.165, 1.54) is 24.7 Å². The number of carbonyl (C=O) groups is 4. The van der Waals surface area contributed by atoms with Crippen LogP contribution in [0.3, 0.4) is 0 Å². The third-order valence-corrected chi connectivity index (χ3v) is 13.8. The monoisotopic (exact) mass is 1210 g/mol. The van der Waals surface area contributed by atoms with Crippen LogP contribution in [-0.2, 0) is 28.4 Å². The lowest BCUT2D eigenvalue weighted by Crippen LogP contribution is -2.28. The molecular formula is C57H62Cl3N13O11. The molecule has 3 aliphatic heterocycles. The number of pyridine rings is 4. The first-order valence-electron chi connectivity index (χ1n) is 27.1. The normalized spacial score (nSPS) is 14.5. The SMILES string of the molecule is CCOC(=O)c1cnc(-c2cnn3cccnc23)cc1NC1CCOCC1.CCOC(=O)c1cnc(Cl)cc1Cl.CCOC(=O)c1cnc(Cl)cc1NC1CCOCC1.O=C(O)c1cnc(-c2cnn3cccnc23)cc1NC1CCOCC1. The highest BCUT2D eigenvalue weighted by Gasteiger charge is 2.24. The van der Waals surface area contributed by atoms with Gasteiger partial charge in [0, 0.05) is 107 Å². The minimum Gasteiger partial charge on any atom is -0.478 e. The van der Waals surface area contributed by atoms with Gasteiger partial charge in [-0.15, -0.1) is 0 Å². The zero-order valence-corrected chi connectivity index (χ0v) is 48.5. The number of aromatic carboxylic acids is 1. The standard InChI is InChI=1S/C19H21N5O3.C17H17N5O3.C13H17ClN2O3.C8H7Cl2NO2/c1-2-27-19(25)15-11-21-16(10-17(15)23-13-4-8-26-9-5-13)14-12-22-24-7-3-6-20-18(14)24;23-17(24)13-9-19-14(8-15(13)21-11-2-6-25-7-3-11)12-10-20-22-5-1-4-18-16(12)22;1-2-19-13(17)10-8-15-12(14)7-11(10)16-9-3-5-18-6-4-9;1-2-13-8(12)5-4-11-7(10)3-6(5)9/h3,6-7,10-13H,2,4-5,8-9H2,1H3,(H,21,23);1,4-5,8-11H,2-3,6-7H2,(H,19,21)(H,23,24);7-9H,2-6H2,1H3,(H,15,16);3-4H,2H2,1H3. The Bertz CT molecular complexity index is 3520. The average Bonchev–Trinajstić information content (AvgIpc) is 3.46. The summed E-state index contributed by atoms with van der Waals surface area (Å²) in [4.78, 5) is 72.1. The van der Waals surface area contributed by atoms with E-state index in [1.54, 1.807) is 85.2 Å². The zero-order chi connectivity index (χ0) is 59.4. The van der Waals surface area contributed by atoms with Crippen molar-refractivity contribution in [3.05, 3.63) is 136 Å². The first-order chi connectivity index (χ1) is 40.8. The third-order valence-electron chi connectivity index (χ3n) is 13.1. The smallest absolute Gasteiger partial charge is 0.341 e. The van der Waals surface area contributed by atoms with Crippen molar-refractivity contribution in [1.29, 1.82) is 0 Å². The lowest BCUT2D eigenvalue weighted by atomic mass is 10.1. The van der Waals surface area contributed by atoms with E-state index in [0.717, 1.165) is 62.9 Å². The highest BCUT2D eigenvalue weighted by atomic mass is 35.5. The molecule has 84 heavy (non-hydrogen) atoms. The number of ether oxygens (including phenoxy) is 6. The number of hydrogen-bond donors (Lipinski definition) is 4. The molecule has 0 unspecified atom stereocenters. The Morgan fingerprint density at radius 1 is 0.512 bits per heavy atom. The van der Waals surface area contributed by atoms with Gasteiger partial charge in [0.05, 0.1) is 82.4 Å². The van der Waals surface area contributed by atoms with Crippen LogP contribution in [0.5, 0.6) is 0 Å². The second-order valence-corrected chi connectivity index (χ2v) is 19.9. The fourth-order valence-corrected chi connectivity index (χ4v) is 9.48. The van der Waals surface area contributed by atoms with Gasteiger partial charge in [0.25, 0.3) is 0 Å². The van der Waals surface area contributed by atoms with Crippen LogP contribution in [-0.4, -0.2) is 156 Å². The Balaban J connectivity index is 0.000000151. The molecular weight excluding hydrogens is 1150 g/mol. The van der Waals surface area contributed by atoms with Gasteiger partial charge >= 0.3 is 23.9 Å². The van der Waals surface area contributed by atoms with Gasteiger partial charge in [-0.1, -0.05) is 34.8 Å². The van der Waals surface area contributed by atoms with Crippen molar-refractivity contribution in [3.63, 3.8) is 0 Å². The van der Waals surface area contributed by atoms with Crippen molar-refractivity contribution < 1.29 is 52.7 Å². The minimum atomic E-state index is -1.01. The van der Waals surface area contributed by atoms with E-state index in [1.807, 2.05) is 18.3 Å². The van der Waals surface area contributed by atoms with Gasteiger partial charge in [0.1, 0.15) is 27.0 Å². The minimum absolute atomic E-state index is 0.152. The van der Waals surface area contributed by atoms with Crippen molar-refractivity contribution in [2.24, 2.45) is 0 Å². The van der Waals surface area contributed by atoms with Crippen LogP contribution in [0.25, 0.3) is 33.8 Å². The Labute approximate surface area is 497 Å². The fraction of sp³-hybridized carbons (Fsp3) is 0.368. The van der Waals surface area contributed by atoms with Gasteiger partial charge in [-0.2, -0.15) is 10.2 Å². The van der Waals surface area contributed by atoms with E-state index < -0.39 is 11.9 Å². The molecule has 0 aliphatic carbocycles. The number of esters is 3. The van der Waals surface area contributed by atoms with Crippen LogP contribution in [0.2, 0.25) is 15.3 Å². The molecule has 0 spiro atoms. The summed E-state index contributed by atoms with van der Waals surface area (Å²) in [5.41, 5.74) is 7.45. The Kier molecular flexibility index (Phi) is 22.8. The number of hydrogen-bond acceptors (Lipinski definition) is 21. The summed E-state index contributed by atoms with van der Waals surface area (Å²) in [6.45, 7) is 10.5. The van der Waals surface area contributed by atoms with Crippen molar-refractivity contribution in [2.75, 3.05) is 75.4 Å². The predicted octanol–water partition coefficient (Wildman–Crippen LogP) is 9.71. The largest absolute Gasteiger partial charge is 0.478 e. The summed E-state index contributed by atoms with van der Waals surface area (Å²) in [5, 5.41) is 29.0. The number of aromatic nitrogens is 10. The molecule has 8 aromatic heterocycles. The highest BCUT2D eigenvalue weighted by molar-refractivity contribution is 6.36. The molecule has 24 nitrogen and oxygen atoms in total. The van der Waals surface area contributed by atoms with Crippen molar-refractivity contribution in [1.82, 2.24) is 49.1 Å². The molecule has 0 bridgehead atoms. The maximum atomic E-state index is 12.4. The number of anilines is 3. The number of fused-ring (bicyclic) bond motifs is 2. The molecule has 0 atom stereocenters. The van der Waals surface area contributed by atoms with Crippen LogP contribution in [0.1, 0.15) is 101 Å². The number of nitrogens with one attached hydrogen (secondary N) is 3. The molecule has 4 N–H and O–H groups in total. The number of carbonyl (C=O) groups excluding carboxylic acids is 3. The summed E-state index contributed by atoms with van der Waals surface area (Å²) in [6, 6.07) is 11.0.